The number of hydrogen-bond donors (Lipinski definition) is 1. The van der Waals surface area contributed by atoms with Crippen molar-refractivity contribution < 1.29 is 4.79 Å². The summed E-state index contributed by atoms with van der Waals surface area (Å²) in [5.41, 5.74) is 2.44. The van der Waals surface area contributed by atoms with Crippen LogP contribution >= 0.6 is 0 Å². The third-order valence-corrected chi connectivity index (χ3v) is 6.15. The number of nitrogens with one attached hydrogen (secondary N) is 1. The van der Waals surface area contributed by atoms with Gasteiger partial charge in [0.1, 0.15) is 5.82 Å². The van der Waals surface area contributed by atoms with Crippen molar-refractivity contribution in [3.05, 3.63) is 23.3 Å². The Bertz CT molecular complexity index is 612. The second-order valence-electron chi connectivity index (χ2n) is 8.01. The fourth-order valence-electron chi connectivity index (χ4n) is 4.63. The van der Waals surface area contributed by atoms with Crippen LogP contribution in [0.5, 0.6) is 0 Å². The molecule has 1 aromatic rings. The maximum atomic E-state index is 12.8. The molecule has 1 saturated carbocycles. The second kappa shape index (κ2) is 7.81. The lowest BCUT2D eigenvalue weighted by molar-refractivity contribution is -0.133. The first-order valence-corrected chi connectivity index (χ1v) is 10.1. The van der Waals surface area contributed by atoms with Crippen LogP contribution in [0.4, 0.5) is 0 Å². The van der Waals surface area contributed by atoms with Gasteiger partial charge < -0.3 is 10.2 Å². The number of piperidine rings is 1. The lowest BCUT2D eigenvalue weighted by atomic mass is 9.86. The Morgan fingerprint density at radius 1 is 1.20 bits per heavy atom. The van der Waals surface area contributed by atoms with Gasteiger partial charge in [0.25, 0.3) is 0 Å². The van der Waals surface area contributed by atoms with Crippen molar-refractivity contribution in [1.82, 2.24) is 20.2 Å². The summed E-state index contributed by atoms with van der Waals surface area (Å²) in [4.78, 5) is 24.3. The number of rotatable bonds is 3. The van der Waals surface area contributed by atoms with E-state index < -0.39 is 0 Å². The third-order valence-electron chi connectivity index (χ3n) is 6.15. The molecular formula is C20H30N4O. The molecule has 3 aliphatic rings. The van der Waals surface area contributed by atoms with Crippen molar-refractivity contribution in [2.75, 3.05) is 19.6 Å². The summed E-state index contributed by atoms with van der Waals surface area (Å²) in [6.07, 6.45) is 12.3. The molecule has 25 heavy (non-hydrogen) atoms. The molecule has 4 rings (SSSR count). The summed E-state index contributed by atoms with van der Waals surface area (Å²) in [6, 6.07) is 0. The van der Waals surface area contributed by atoms with E-state index in [1.54, 1.807) is 0 Å². The SMILES string of the molecule is O=C(CC1CCCCC1)N1CCC[C@H](c2ncc3c(n2)CCNC3)C1. The summed E-state index contributed by atoms with van der Waals surface area (Å²) in [5, 5.41) is 3.37. The molecule has 136 valence electrons. The van der Waals surface area contributed by atoms with E-state index in [0.717, 1.165) is 57.7 Å². The van der Waals surface area contributed by atoms with Crippen molar-refractivity contribution in [2.24, 2.45) is 5.92 Å². The number of carbonyl (C=O) groups is 1. The zero-order chi connectivity index (χ0) is 17.1. The van der Waals surface area contributed by atoms with E-state index in [0.29, 0.717) is 17.7 Å². The van der Waals surface area contributed by atoms with Crippen molar-refractivity contribution in [3.63, 3.8) is 0 Å². The number of nitrogens with zero attached hydrogens (tertiary/aromatic N) is 3. The fourth-order valence-corrected chi connectivity index (χ4v) is 4.63. The summed E-state index contributed by atoms with van der Waals surface area (Å²) >= 11 is 0. The monoisotopic (exact) mass is 342 g/mol. The highest BCUT2D eigenvalue weighted by Crippen LogP contribution is 2.29. The molecule has 2 fully saturated rings. The van der Waals surface area contributed by atoms with Gasteiger partial charge in [0.05, 0.1) is 0 Å². The standard InChI is InChI=1S/C20H30N4O/c25-19(11-15-5-2-1-3-6-15)24-10-4-7-16(14-24)20-22-13-17-12-21-9-8-18(17)23-20/h13,15-16,21H,1-12,14H2/t16-/m0/s1. The molecular weight excluding hydrogens is 312 g/mol. The molecule has 1 amide bonds. The Kier molecular flexibility index (Phi) is 5.30. The zero-order valence-electron chi connectivity index (χ0n) is 15.2. The van der Waals surface area contributed by atoms with Gasteiger partial charge in [-0.2, -0.15) is 0 Å². The van der Waals surface area contributed by atoms with Crippen LogP contribution in [0.15, 0.2) is 6.20 Å². The van der Waals surface area contributed by atoms with E-state index in [2.05, 4.69) is 15.2 Å². The Morgan fingerprint density at radius 2 is 2.08 bits per heavy atom. The van der Waals surface area contributed by atoms with Gasteiger partial charge in [0.2, 0.25) is 5.91 Å². The highest BCUT2D eigenvalue weighted by molar-refractivity contribution is 5.76. The van der Waals surface area contributed by atoms with Crippen LogP contribution in [0.3, 0.4) is 0 Å². The Morgan fingerprint density at radius 3 is 2.96 bits per heavy atom. The molecule has 1 aliphatic carbocycles. The van der Waals surface area contributed by atoms with Gasteiger partial charge in [-0.05, 0) is 31.6 Å². The number of hydrogen-bond acceptors (Lipinski definition) is 4. The van der Waals surface area contributed by atoms with Crippen molar-refractivity contribution in [2.45, 2.75) is 70.3 Å². The van der Waals surface area contributed by atoms with E-state index in [1.165, 1.54) is 43.4 Å². The van der Waals surface area contributed by atoms with Crippen molar-refractivity contribution >= 4 is 5.91 Å². The Balaban J connectivity index is 1.39. The molecule has 3 heterocycles. The first-order chi connectivity index (χ1) is 12.3. The van der Waals surface area contributed by atoms with Crippen LogP contribution in [0.25, 0.3) is 0 Å². The number of aromatic nitrogens is 2. The molecule has 1 atom stereocenters. The normalized spacial score (nSPS) is 24.8. The Labute approximate surface area is 150 Å². The fraction of sp³-hybridized carbons (Fsp3) is 0.750. The molecule has 0 aromatic carbocycles. The van der Waals surface area contributed by atoms with Gasteiger partial charge in [0.15, 0.2) is 0 Å². The van der Waals surface area contributed by atoms with E-state index in [4.69, 9.17) is 4.98 Å². The largest absolute Gasteiger partial charge is 0.342 e. The molecule has 1 aromatic heterocycles. The molecule has 5 heteroatoms. The highest BCUT2D eigenvalue weighted by Gasteiger charge is 2.28. The number of amides is 1. The van der Waals surface area contributed by atoms with Crippen LogP contribution in [0.2, 0.25) is 0 Å². The maximum Gasteiger partial charge on any atom is 0.222 e. The molecule has 5 nitrogen and oxygen atoms in total. The number of likely N-dealkylation sites (tertiary alicyclic amines) is 1. The summed E-state index contributed by atoms with van der Waals surface area (Å²) < 4.78 is 0. The van der Waals surface area contributed by atoms with Gasteiger partial charge in [-0.3, -0.25) is 4.79 Å². The topological polar surface area (TPSA) is 58.1 Å². The molecule has 1 saturated heterocycles. The van der Waals surface area contributed by atoms with Gasteiger partial charge in [-0.15, -0.1) is 0 Å². The van der Waals surface area contributed by atoms with Gasteiger partial charge >= 0.3 is 0 Å². The van der Waals surface area contributed by atoms with Crippen LogP contribution < -0.4 is 5.32 Å². The maximum absolute atomic E-state index is 12.8. The third kappa shape index (κ3) is 4.02. The van der Waals surface area contributed by atoms with Gasteiger partial charge in [-0.25, -0.2) is 9.97 Å². The van der Waals surface area contributed by atoms with Crippen LogP contribution in [0.1, 0.15) is 74.4 Å². The average Bonchev–Trinajstić information content (AvgIpc) is 2.68. The molecule has 0 spiro atoms. The molecule has 0 bridgehead atoms. The first kappa shape index (κ1) is 17.0. The van der Waals surface area contributed by atoms with Crippen LogP contribution in [-0.4, -0.2) is 40.4 Å². The minimum Gasteiger partial charge on any atom is -0.342 e. The van der Waals surface area contributed by atoms with E-state index in [1.807, 2.05) is 6.20 Å². The predicted molar refractivity (Wildman–Crippen MR) is 97.2 cm³/mol. The summed E-state index contributed by atoms with van der Waals surface area (Å²) in [6.45, 7) is 3.60. The average molecular weight is 342 g/mol. The quantitative estimate of drug-likeness (QED) is 0.918. The zero-order valence-corrected chi connectivity index (χ0v) is 15.2. The minimum absolute atomic E-state index is 0.309. The highest BCUT2D eigenvalue weighted by atomic mass is 16.2. The van der Waals surface area contributed by atoms with E-state index >= 15 is 0 Å². The van der Waals surface area contributed by atoms with E-state index in [9.17, 15) is 4.79 Å². The van der Waals surface area contributed by atoms with Crippen molar-refractivity contribution in [1.29, 1.82) is 0 Å². The number of carbonyl (C=O) groups excluding carboxylic acids is 1. The number of fused-ring (bicyclic) bond motifs is 1. The minimum atomic E-state index is 0.309. The molecule has 1 N–H and O–H groups in total. The lowest BCUT2D eigenvalue weighted by Gasteiger charge is -2.34. The van der Waals surface area contributed by atoms with Crippen LogP contribution in [0, 0.1) is 5.92 Å². The van der Waals surface area contributed by atoms with Crippen molar-refractivity contribution in [3.8, 4) is 0 Å². The first-order valence-electron chi connectivity index (χ1n) is 10.1. The summed E-state index contributed by atoms with van der Waals surface area (Å²) in [7, 11) is 0. The van der Waals surface area contributed by atoms with Gasteiger partial charge in [0, 0.05) is 62.4 Å². The van der Waals surface area contributed by atoms with Crippen LogP contribution in [-0.2, 0) is 17.8 Å². The lowest BCUT2D eigenvalue weighted by Crippen LogP contribution is -2.40. The van der Waals surface area contributed by atoms with E-state index in [-0.39, 0.29) is 0 Å². The Hall–Kier alpha value is -1.49. The predicted octanol–water partition coefficient (Wildman–Crippen LogP) is 2.80. The molecule has 2 aliphatic heterocycles. The second-order valence-corrected chi connectivity index (χ2v) is 8.01. The van der Waals surface area contributed by atoms with Gasteiger partial charge in [-0.1, -0.05) is 19.3 Å². The summed E-state index contributed by atoms with van der Waals surface area (Å²) in [5.74, 6) is 2.24. The molecule has 0 radical (unpaired) electrons. The molecule has 0 unspecified atom stereocenters. The smallest absolute Gasteiger partial charge is 0.222 e.